The number of allylic oxidation sites excluding steroid dienone is 1. The van der Waals surface area contributed by atoms with Crippen molar-refractivity contribution in [2.75, 3.05) is 6.61 Å². The van der Waals surface area contributed by atoms with Gasteiger partial charge in [0.2, 0.25) is 0 Å². The monoisotopic (exact) mass is 219 g/mol. The first-order valence-electron chi connectivity index (χ1n) is 5.73. The van der Waals surface area contributed by atoms with E-state index in [1.807, 2.05) is 18.2 Å². The topological polar surface area (TPSA) is 35.2 Å². The minimum atomic E-state index is 0.512. The lowest BCUT2D eigenvalue weighted by Crippen LogP contribution is -2.09. The first-order chi connectivity index (χ1) is 7.69. The Morgan fingerprint density at radius 1 is 1.38 bits per heavy atom. The molecule has 0 bridgehead atoms. The van der Waals surface area contributed by atoms with Crippen molar-refractivity contribution in [3.63, 3.8) is 0 Å². The number of rotatable bonds is 6. The van der Waals surface area contributed by atoms with Crippen LogP contribution < -0.4 is 10.5 Å². The number of nitrogens with two attached hydrogens (primary N) is 1. The van der Waals surface area contributed by atoms with Crippen molar-refractivity contribution in [1.82, 2.24) is 0 Å². The zero-order chi connectivity index (χ0) is 12.0. The molecule has 0 heterocycles. The van der Waals surface area contributed by atoms with Crippen molar-refractivity contribution in [3.05, 3.63) is 42.0 Å². The highest BCUT2D eigenvalue weighted by atomic mass is 16.5. The number of para-hydroxylation sites is 1. The first kappa shape index (κ1) is 12.8. The summed E-state index contributed by atoms with van der Waals surface area (Å²) >= 11 is 0. The van der Waals surface area contributed by atoms with E-state index in [1.54, 1.807) is 0 Å². The second-order valence-corrected chi connectivity index (χ2v) is 4.31. The van der Waals surface area contributed by atoms with Crippen LogP contribution in [-0.4, -0.2) is 6.61 Å². The van der Waals surface area contributed by atoms with Gasteiger partial charge >= 0.3 is 0 Å². The molecular formula is C14H21NO. The standard InChI is InChI=1S/C14H21NO/c1-4-6-12-7-5-8-13(9-15)14(12)16-10-11(2)3/h4-5,7-8,11H,1,6,9-10,15H2,2-3H3. The Kier molecular flexibility index (Phi) is 5.06. The lowest BCUT2D eigenvalue weighted by Gasteiger charge is -2.15. The lowest BCUT2D eigenvalue weighted by molar-refractivity contribution is 0.266. The largest absolute Gasteiger partial charge is 0.493 e. The Bertz CT molecular complexity index is 345. The molecule has 2 heteroatoms. The van der Waals surface area contributed by atoms with Crippen LogP contribution in [0.4, 0.5) is 0 Å². The van der Waals surface area contributed by atoms with Gasteiger partial charge < -0.3 is 10.5 Å². The van der Waals surface area contributed by atoms with E-state index in [1.165, 1.54) is 5.56 Å². The van der Waals surface area contributed by atoms with Gasteiger partial charge in [-0.15, -0.1) is 6.58 Å². The highest BCUT2D eigenvalue weighted by molar-refractivity contribution is 5.42. The van der Waals surface area contributed by atoms with E-state index in [0.29, 0.717) is 12.5 Å². The molecule has 2 N–H and O–H groups in total. The van der Waals surface area contributed by atoms with Crippen molar-refractivity contribution >= 4 is 0 Å². The summed E-state index contributed by atoms with van der Waals surface area (Å²) in [5, 5.41) is 0. The number of benzene rings is 1. The maximum Gasteiger partial charge on any atom is 0.127 e. The summed E-state index contributed by atoms with van der Waals surface area (Å²) in [4.78, 5) is 0. The van der Waals surface area contributed by atoms with Gasteiger partial charge in [-0.3, -0.25) is 0 Å². The van der Waals surface area contributed by atoms with Gasteiger partial charge in [0.1, 0.15) is 5.75 Å². The number of hydrogen-bond donors (Lipinski definition) is 1. The van der Waals surface area contributed by atoms with E-state index >= 15 is 0 Å². The van der Waals surface area contributed by atoms with Crippen LogP contribution in [0.5, 0.6) is 5.75 Å². The van der Waals surface area contributed by atoms with Crippen molar-refractivity contribution in [3.8, 4) is 5.75 Å². The Hall–Kier alpha value is -1.28. The summed E-state index contributed by atoms with van der Waals surface area (Å²) in [6.45, 7) is 9.27. The third-order valence-corrected chi connectivity index (χ3v) is 2.32. The van der Waals surface area contributed by atoms with E-state index in [4.69, 9.17) is 10.5 Å². The third kappa shape index (κ3) is 3.38. The third-order valence-electron chi connectivity index (χ3n) is 2.32. The average molecular weight is 219 g/mol. The van der Waals surface area contributed by atoms with Crippen molar-refractivity contribution in [1.29, 1.82) is 0 Å². The van der Waals surface area contributed by atoms with Gasteiger partial charge in [0.15, 0.2) is 0 Å². The van der Waals surface area contributed by atoms with Gasteiger partial charge in [-0.25, -0.2) is 0 Å². The summed E-state index contributed by atoms with van der Waals surface area (Å²) in [6, 6.07) is 6.10. The van der Waals surface area contributed by atoms with Crippen LogP contribution in [0.25, 0.3) is 0 Å². The zero-order valence-corrected chi connectivity index (χ0v) is 10.2. The maximum atomic E-state index is 5.85. The predicted molar refractivity (Wildman–Crippen MR) is 68.6 cm³/mol. The molecule has 0 aromatic heterocycles. The molecule has 0 saturated heterocycles. The SMILES string of the molecule is C=CCc1cccc(CN)c1OCC(C)C. The molecule has 0 aliphatic carbocycles. The van der Waals surface area contributed by atoms with Gasteiger partial charge in [0, 0.05) is 12.1 Å². The molecule has 0 amide bonds. The van der Waals surface area contributed by atoms with Gasteiger partial charge in [0.25, 0.3) is 0 Å². The molecule has 2 nitrogen and oxygen atoms in total. The molecule has 1 rings (SSSR count). The molecule has 1 aromatic rings. The fourth-order valence-electron chi connectivity index (χ4n) is 1.55. The van der Waals surface area contributed by atoms with Crippen LogP contribution in [0.3, 0.4) is 0 Å². The molecule has 0 radical (unpaired) electrons. The van der Waals surface area contributed by atoms with Gasteiger partial charge in [0.05, 0.1) is 6.61 Å². The molecule has 16 heavy (non-hydrogen) atoms. The molecule has 1 aromatic carbocycles. The average Bonchev–Trinajstić information content (AvgIpc) is 2.27. The van der Waals surface area contributed by atoms with Crippen LogP contribution in [0.15, 0.2) is 30.9 Å². The zero-order valence-electron chi connectivity index (χ0n) is 10.2. The van der Waals surface area contributed by atoms with Crippen molar-refractivity contribution in [2.45, 2.75) is 26.8 Å². The Labute approximate surface area is 98.1 Å². The highest BCUT2D eigenvalue weighted by Gasteiger charge is 2.08. The van der Waals surface area contributed by atoms with E-state index in [9.17, 15) is 0 Å². The summed E-state index contributed by atoms with van der Waals surface area (Å²) in [5.74, 6) is 1.46. The fourth-order valence-corrected chi connectivity index (χ4v) is 1.55. The van der Waals surface area contributed by atoms with Crippen LogP contribution in [-0.2, 0) is 13.0 Å². The maximum absolute atomic E-state index is 5.85. The minimum absolute atomic E-state index is 0.512. The van der Waals surface area contributed by atoms with Crippen molar-refractivity contribution in [2.24, 2.45) is 11.7 Å². The van der Waals surface area contributed by atoms with E-state index < -0.39 is 0 Å². The fraction of sp³-hybridized carbons (Fsp3) is 0.429. The summed E-state index contributed by atoms with van der Waals surface area (Å²) in [7, 11) is 0. The normalized spacial score (nSPS) is 10.5. The molecule has 0 aliphatic rings. The van der Waals surface area contributed by atoms with Gasteiger partial charge in [-0.2, -0.15) is 0 Å². The highest BCUT2D eigenvalue weighted by Crippen LogP contribution is 2.25. The predicted octanol–water partition coefficient (Wildman–Crippen LogP) is 2.91. The lowest BCUT2D eigenvalue weighted by atomic mass is 10.1. The number of ether oxygens (including phenoxy) is 1. The summed E-state index contributed by atoms with van der Waals surface area (Å²) < 4.78 is 5.85. The quantitative estimate of drug-likeness (QED) is 0.747. The number of hydrogen-bond acceptors (Lipinski definition) is 2. The van der Waals surface area contributed by atoms with Crippen LogP contribution in [0.2, 0.25) is 0 Å². The molecular weight excluding hydrogens is 198 g/mol. The molecule has 0 fully saturated rings. The Morgan fingerprint density at radius 3 is 2.62 bits per heavy atom. The molecule has 88 valence electrons. The van der Waals surface area contributed by atoms with Gasteiger partial charge in [-0.05, 0) is 17.9 Å². The second-order valence-electron chi connectivity index (χ2n) is 4.31. The molecule has 0 saturated carbocycles. The van der Waals surface area contributed by atoms with Crippen LogP contribution in [0, 0.1) is 5.92 Å². The van der Waals surface area contributed by atoms with Crippen molar-refractivity contribution < 1.29 is 4.74 Å². The van der Waals surface area contributed by atoms with E-state index in [2.05, 4.69) is 26.5 Å². The van der Waals surface area contributed by atoms with E-state index in [-0.39, 0.29) is 0 Å². The second kappa shape index (κ2) is 6.33. The first-order valence-corrected chi connectivity index (χ1v) is 5.73. The van der Waals surface area contributed by atoms with Crippen LogP contribution in [0.1, 0.15) is 25.0 Å². The Balaban J connectivity index is 2.94. The Morgan fingerprint density at radius 2 is 2.06 bits per heavy atom. The molecule has 0 unspecified atom stereocenters. The molecule has 0 aliphatic heterocycles. The summed E-state index contributed by atoms with van der Waals surface area (Å²) in [6.07, 6.45) is 2.71. The molecule has 0 spiro atoms. The van der Waals surface area contributed by atoms with Gasteiger partial charge in [-0.1, -0.05) is 38.1 Å². The summed E-state index contributed by atoms with van der Waals surface area (Å²) in [5.41, 5.74) is 7.95. The minimum Gasteiger partial charge on any atom is -0.493 e. The van der Waals surface area contributed by atoms with Crippen LogP contribution >= 0.6 is 0 Å². The smallest absolute Gasteiger partial charge is 0.127 e. The molecule has 0 atom stereocenters. The van der Waals surface area contributed by atoms with E-state index in [0.717, 1.165) is 24.3 Å².